The van der Waals surface area contributed by atoms with Crippen LogP contribution >= 0.6 is 11.8 Å². The molecule has 152 valence electrons. The minimum atomic E-state index is 0.300. The van der Waals surface area contributed by atoms with Crippen LogP contribution < -0.4 is 0 Å². The molecule has 0 unspecified atom stereocenters. The molecule has 1 saturated carbocycles. The molecule has 1 fully saturated rings. The summed E-state index contributed by atoms with van der Waals surface area (Å²) in [6, 6.07) is 0. The van der Waals surface area contributed by atoms with Crippen LogP contribution in [0.4, 0.5) is 0 Å². The van der Waals surface area contributed by atoms with E-state index in [9.17, 15) is 4.79 Å². The summed E-state index contributed by atoms with van der Waals surface area (Å²) in [7, 11) is 1.99. The number of hydrogen-bond donors (Lipinski definition) is 0. The van der Waals surface area contributed by atoms with E-state index in [4.69, 9.17) is 5.10 Å². The van der Waals surface area contributed by atoms with Crippen molar-refractivity contribution in [2.45, 2.75) is 70.1 Å². The molecule has 28 heavy (non-hydrogen) atoms. The zero-order valence-corrected chi connectivity index (χ0v) is 18.0. The first-order chi connectivity index (χ1) is 13.6. The van der Waals surface area contributed by atoms with Crippen LogP contribution in [0.1, 0.15) is 56.7 Å². The van der Waals surface area contributed by atoms with Crippen molar-refractivity contribution < 1.29 is 4.79 Å². The maximum atomic E-state index is 13.0. The fraction of sp³-hybridized carbons (Fsp3) is 0.700. The molecule has 2 aromatic heterocycles. The zero-order valence-electron chi connectivity index (χ0n) is 17.1. The Morgan fingerprint density at radius 3 is 2.71 bits per heavy atom. The van der Waals surface area contributed by atoms with E-state index in [1.54, 1.807) is 11.8 Å². The molecule has 8 heteroatoms. The van der Waals surface area contributed by atoms with Gasteiger partial charge < -0.3 is 9.47 Å². The Balaban J connectivity index is 1.58. The third-order valence-corrected chi connectivity index (χ3v) is 6.88. The number of fused-ring (bicyclic) bond motifs is 1. The Kier molecular flexibility index (Phi) is 5.75. The van der Waals surface area contributed by atoms with Crippen LogP contribution in [0.25, 0.3) is 11.5 Å². The van der Waals surface area contributed by atoms with E-state index in [0.29, 0.717) is 24.8 Å². The predicted octanol–water partition coefficient (Wildman–Crippen LogP) is 3.28. The first-order valence-corrected chi connectivity index (χ1v) is 11.6. The van der Waals surface area contributed by atoms with Crippen LogP contribution in [0, 0.1) is 5.92 Å². The Hall–Kier alpha value is -1.83. The van der Waals surface area contributed by atoms with Gasteiger partial charge in [-0.15, -0.1) is 10.2 Å². The number of nitrogens with zero attached hydrogens (tertiary/aromatic N) is 6. The monoisotopic (exact) mass is 402 g/mol. The fourth-order valence-electron chi connectivity index (χ4n) is 4.65. The summed E-state index contributed by atoms with van der Waals surface area (Å²) >= 11 is 1.59. The van der Waals surface area contributed by atoms with Crippen LogP contribution in [-0.4, -0.2) is 48.2 Å². The van der Waals surface area contributed by atoms with E-state index in [1.165, 1.54) is 37.8 Å². The van der Waals surface area contributed by atoms with E-state index in [1.807, 2.05) is 22.9 Å². The molecule has 1 aliphatic heterocycles. The Bertz CT molecular complexity index is 851. The van der Waals surface area contributed by atoms with Gasteiger partial charge in [0.1, 0.15) is 5.69 Å². The van der Waals surface area contributed by atoms with Crippen LogP contribution in [0.15, 0.2) is 5.16 Å². The summed E-state index contributed by atoms with van der Waals surface area (Å²) in [6.07, 6.45) is 9.86. The van der Waals surface area contributed by atoms with E-state index in [-0.39, 0.29) is 0 Å². The van der Waals surface area contributed by atoms with Gasteiger partial charge in [-0.25, -0.2) is 0 Å². The lowest BCUT2D eigenvalue weighted by atomic mass is 9.86. The summed E-state index contributed by atoms with van der Waals surface area (Å²) in [6.45, 7) is 4.32. The molecule has 0 atom stereocenters. The second kappa shape index (κ2) is 8.27. The van der Waals surface area contributed by atoms with Gasteiger partial charge in [0.15, 0.2) is 11.0 Å². The van der Waals surface area contributed by atoms with Crippen molar-refractivity contribution in [3.05, 3.63) is 11.3 Å². The molecule has 4 rings (SSSR count). The summed E-state index contributed by atoms with van der Waals surface area (Å²) < 4.78 is 4.07. The van der Waals surface area contributed by atoms with Crippen molar-refractivity contribution in [3.63, 3.8) is 0 Å². The number of aryl methyl sites for hydroxylation is 1. The van der Waals surface area contributed by atoms with Crippen molar-refractivity contribution in [2.24, 2.45) is 13.0 Å². The number of aromatic nitrogens is 5. The number of rotatable bonds is 5. The van der Waals surface area contributed by atoms with Crippen LogP contribution in [0.2, 0.25) is 0 Å². The third-order valence-electron chi connectivity index (χ3n) is 6.21. The fourth-order valence-corrected chi connectivity index (χ4v) is 5.21. The topological polar surface area (TPSA) is 68.8 Å². The summed E-state index contributed by atoms with van der Waals surface area (Å²) in [5.41, 5.74) is 3.23. The number of carbonyl (C=O) groups is 1. The van der Waals surface area contributed by atoms with Gasteiger partial charge in [-0.2, -0.15) is 5.10 Å². The molecule has 1 amide bonds. The van der Waals surface area contributed by atoms with Gasteiger partial charge in [0, 0.05) is 50.8 Å². The van der Waals surface area contributed by atoms with Gasteiger partial charge in [0.25, 0.3) is 0 Å². The molecular formula is C20H30N6OS. The number of amides is 1. The van der Waals surface area contributed by atoms with Gasteiger partial charge in [-0.3, -0.25) is 9.48 Å². The maximum absolute atomic E-state index is 13.0. The smallest absolute Gasteiger partial charge is 0.223 e. The highest BCUT2D eigenvalue weighted by molar-refractivity contribution is 7.98. The second-order valence-electron chi connectivity index (χ2n) is 7.93. The Morgan fingerprint density at radius 1 is 1.21 bits per heavy atom. The lowest BCUT2D eigenvalue weighted by Gasteiger charge is -2.30. The van der Waals surface area contributed by atoms with Gasteiger partial charge >= 0.3 is 0 Å². The lowest BCUT2D eigenvalue weighted by Crippen LogP contribution is -2.37. The van der Waals surface area contributed by atoms with Crippen molar-refractivity contribution in [3.8, 4) is 11.5 Å². The van der Waals surface area contributed by atoms with E-state index in [2.05, 4.69) is 21.7 Å². The van der Waals surface area contributed by atoms with Gasteiger partial charge in [0.05, 0.1) is 0 Å². The van der Waals surface area contributed by atoms with E-state index in [0.717, 1.165) is 41.7 Å². The number of carbonyl (C=O) groups excluding carboxylic acids is 1. The second-order valence-corrected chi connectivity index (χ2v) is 8.70. The van der Waals surface area contributed by atoms with Crippen molar-refractivity contribution in [1.82, 2.24) is 29.4 Å². The van der Waals surface area contributed by atoms with Gasteiger partial charge in [-0.05, 0) is 31.9 Å². The van der Waals surface area contributed by atoms with Crippen molar-refractivity contribution in [1.29, 1.82) is 0 Å². The normalized spacial score (nSPS) is 17.8. The number of thioether (sulfide) groups is 1. The first kappa shape index (κ1) is 19.5. The van der Waals surface area contributed by atoms with Crippen molar-refractivity contribution in [2.75, 3.05) is 12.8 Å². The standard InChI is InChI=1S/C20H30N6OS/c1-4-26-19(21-22-20(26)28-3)18-15-13-25(11-10-16(15)24(2)23-18)17(27)12-14-8-6-5-7-9-14/h14H,4-13H2,1-3H3. The highest BCUT2D eigenvalue weighted by atomic mass is 32.2. The molecule has 0 spiro atoms. The zero-order chi connectivity index (χ0) is 19.7. The highest BCUT2D eigenvalue weighted by Crippen LogP contribution is 2.32. The maximum Gasteiger partial charge on any atom is 0.223 e. The van der Waals surface area contributed by atoms with E-state index >= 15 is 0 Å². The molecule has 3 heterocycles. The van der Waals surface area contributed by atoms with Crippen LogP contribution in [0.3, 0.4) is 0 Å². The molecule has 2 aromatic rings. The minimum Gasteiger partial charge on any atom is -0.338 e. The van der Waals surface area contributed by atoms with Crippen molar-refractivity contribution >= 4 is 17.7 Å². The summed E-state index contributed by atoms with van der Waals surface area (Å²) in [5.74, 6) is 1.68. The molecule has 0 radical (unpaired) electrons. The molecule has 0 bridgehead atoms. The average Bonchev–Trinajstić information content (AvgIpc) is 3.28. The van der Waals surface area contributed by atoms with Gasteiger partial charge in [-0.1, -0.05) is 31.0 Å². The lowest BCUT2D eigenvalue weighted by molar-refractivity contribution is -0.133. The largest absolute Gasteiger partial charge is 0.338 e. The summed E-state index contributed by atoms with van der Waals surface area (Å²) in [4.78, 5) is 15.0. The summed E-state index contributed by atoms with van der Waals surface area (Å²) in [5, 5.41) is 14.4. The SMILES string of the molecule is CCn1c(SC)nnc1-c1nn(C)c2c1CN(C(=O)CC1CCCCC1)CC2. The highest BCUT2D eigenvalue weighted by Gasteiger charge is 2.30. The van der Waals surface area contributed by atoms with E-state index < -0.39 is 0 Å². The molecule has 7 nitrogen and oxygen atoms in total. The molecular weight excluding hydrogens is 372 g/mol. The minimum absolute atomic E-state index is 0.300. The molecule has 2 aliphatic rings. The Labute approximate surface area is 170 Å². The Morgan fingerprint density at radius 2 is 2.00 bits per heavy atom. The molecule has 0 saturated heterocycles. The number of hydrogen-bond acceptors (Lipinski definition) is 5. The van der Waals surface area contributed by atoms with Crippen LogP contribution in [-0.2, 0) is 31.4 Å². The average molecular weight is 403 g/mol. The first-order valence-electron chi connectivity index (χ1n) is 10.4. The molecule has 0 aromatic carbocycles. The molecule has 0 N–H and O–H groups in total. The molecule has 1 aliphatic carbocycles. The van der Waals surface area contributed by atoms with Crippen LogP contribution in [0.5, 0.6) is 0 Å². The van der Waals surface area contributed by atoms with Gasteiger partial charge in [0.2, 0.25) is 5.91 Å². The third kappa shape index (κ3) is 3.58. The predicted molar refractivity (Wildman–Crippen MR) is 110 cm³/mol. The quantitative estimate of drug-likeness (QED) is 0.718.